The van der Waals surface area contributed by atoms with E-state index in [1.165, 1.54) is 18.1 Å². The van der Waals surface area contributed by atoms with E-state index in [0.717, 1.165) is 44.2 Å². The topological polar surface area (TPSA) is 78.7 Å². The summed E-state index contributed by atoms with van der Waals surface area (Å²) in [6.07, 6.45) is 7.39. The Morgan fingerprint density at radius 2 is 1.77 bits per heavy atom. The SMILES string of the molecule is O=C(C1CCCCC1)C(C1CCc2ccccc2N1)N1CCN(c2ccc(Cl)cc2[N+](=O)[O-])CC1. The summed E-state index contributed by atoms with van der Waals surface area (Å²) in [4.78, 5) is 29.6. The largest absolute Gasteiger partial charge is 0.380 e. The van der Waals surface area contributed by atoms with Gasteiger partial charge in [0, 0.05) is 54.9 Å². The van der Waals surface area contributed by atoms with Gasteiger partial charge in [0.05, 0.1) is 11.0 Å². The normalized spacial score (nSPS) is 22.2. The molecular weight excluding hydrogens is 464 g/mol. The predicted molar refractivity (Wildman–Crippen MR) is 139 cm³/mol. The lowest BCUT2D eigenvalue weighted by Crippen LogP contribution is -2.60. The summed E-state index contributed by atoms with van der Waals surface area (Å²) >= 11 is 6.02. The van der Waals surface area contributed by atoms with Gasteiger partial charge < -0.3 is 10.2 Å². The molecule has 2 heterocycles. The number of piperazine rings is 1. The molecule has 0 radical (unpaired) electrons. The molecule has 186 valence electrons. The third kappa shape index (κ3) is 5.16. The second kappa shape index (κ2) is 10.5. The Kier molecular flexibility index (Phi) is 7.25. The van der Waals surface area contributed by atoms with E-state index >= 15 is 0 Å². The Hall–Kier alpha value is -2.64. The van der Waals surface area contributed by atoms with Crippen LogP contribution in [-0.2, 0) is 11.2 Å². The van der Waals surface area contributed by atoms with E-state index in [1.807, 2.05) is 6.07 Å². The van der Waals surface area contributed by atoms with Gasteiger partial charge in [-0.05, 0) is 49.4 Å². The van der Waals surface area contributed by atoms with Crippen molar-refractivity contribution < 1.29 is 9.72 Å². The fraction of sp³-hybridized carbons (Fsp3) is 0.519. The van der Waals surface area contributed by atoms with Crippen LogP contribution in [0, 0.1) is 16.0 Å². The number of fused-ring (bicyclic) bond motifs is 1. The lowest BCUT2D eigenvalue weighted by molar-refractivity contribution is -0.384. The Bertz CT molecular complexity index is 1080. The molecule has 2 aromatic carbocycles. The number of ketones is 1. The molecule has 2 unspecified atom stereocenters. The fourth-order valence-electron chi connectivity index (χ4n) is 6.11. The molecule has 3 aliphatic rings. The first-order valence-corrected chi connectivity index (χ1v) is 13.2. The number of Topliss-reactive ketones (excluding diaryl/α,β-unsaturated/α-hetero) is 1. The van der Waals surface area contributed by atoms with Gasteiger partial charge in [-0.15, -0.1) is 0 Å². The number of nitro groups is 1. The van der Waals surface area contributed by atoms with Crippen LogP contribution in [0.4, 0.5) is 17.1 Å². The van der Waals surface area contributed by atoms with E-state index in [4.69, 9.17) is 11.6 Å². The third-order valence-corrected chi connectivity index (χ3v) is 8.18. The first-order valence-electron chi connectivity index (χ1n) is 12.8. The number of nitrogens with zero attached hydrogens (tertiary/aromatic N) is 3. The van der Waals surface area contributed by atoms with Gasteiger partial charge in [0.25, 0.3) is 5.69 Å². The summed E-state index contributed by atoms with van der Waals surface area (Å²) in [6.45, 7) is 2.67. The van der Waals surface area contributed by atoms with Crippen molar-refractivity contribution >= 4 is 34.4 Å². The van der Waals surface area contributed by atoms with Gasteiger partial charge in [-0.1, -0.05) is 49.1 Å². The van der Waals surface area contributed by atoms with Crippen molar-refractivity contribution in [3.63, 3.8) is 0 Å². The van der Waals surface area contributed by atoms with Gasteiger partial charge >= 0.3 is 0 Å². The number of hydrogen-bond donors (Lipinski definition) is 1. The zero-order chi connectivity index (χ0) is 24.4. The van der Waals surface area contributed by atoms with Crippen LogP contribution in [0.3, 0.4) is 0 Å². The van der Waals surface area contributed by atoms with Crippen LogP contribution >= 0.6 is 11.6 Å². The maximum absolute atomic E-state index is 13.9. The molecule has 0 spiro atoms. The molecule has 1 N–H and O–H groups in total. The maximum Gasteiger partial charge on any atom is 0.294 e. The highest BCUT2D eigenvalue weighted by Gasteiger charge is 2.40. The molecule has 1 aliphatic carbocycles. The Labute approximate surface area is 211 Å². The zero-order valence-corrected chi connectivity index (χ0v) is 20.8. The summed E-state index contributed by atoms with van der Waals surface area (Å²) in [6, 6.07) is 13.2. The Balaban J connectivity index is 1.35. The monoisotopic (exact) mass is 496 g/mol. The van der Waals surface area contributed by atoms with Gasteiger partial charge in [-0.25, -0.2) is 0 Å². The lowest BCUT2D eigenvalue weighted by atomic mass is 9.80. The van der Waals surface area contributed by atoms with Crippen LogP contribution in [0.1, 0.15) is 44.1 Å². The molecule has 7 nitrogen and oxygen atoms in total. The highest BCUT2D eigenvalue weighted by molar-refractivity contribution is 6.30. The van der Waals surface area contributed by atoms with E-state index < -0.39 is 0 Å². The molecule has 2 aromatic rings. The van der Waals surface area contributed by atoms with Gasteiger partial charge in [0.2, 0.25) is 0 Å². The van der Waals surface area contributed by atoms with Crippen LogP contribution in [0.25, 0.3) is 0 Å². The molecule has 1 saturated heterocycles. The highest BCUT2D eigenvalue weighted by Crippen LogP contribution is 2.34. The zero-order valence-electron chi connectivity index (χ0n) is 20.0. The second-order valence-electron chi connectivity index (χ2n) is 10.0. The number of aryl methyl sites for hydroxylation is 1. The van der Waals surface area contributed by atoms with Crippen LogP contribution in [0.5, 0.6) is 0 Å². The number of anilines is 2. The smallest absolute Gasteiger partial charge is 0.294 e. The summed E-state index contributed by atoms with van der Waals surface area (Å²) in [5.41, 5.74) is 3.08. The number of nitro benzene ring substituents is 1. The highest BCUT2D eigenvalue weighted by atomic mass is 35.5. The number of carbonyl (C=O) groups is 1. The van der Waals surface area contributed by atoms with Gasteiger partial charge in [-0.2, -0.15) is 0 Å². The van der Waals surface area contributed by atoms with Crippen LogP contribution < -0.4 is 10.2 Å². The van der Waals surface area contributed by atoms with Crippen molar-refractivity contribution in [2.24, 2.45) is 5.92 Å². The van der Waals surface area contributed by atoms with Gasteiger partial charge in [0.15, 0.2) is 5.78 Å². The number of carbonyl (C=O) groups excluding carboxylic acids is 1. The summed E-state index contributed by atoms with van der Waals surface area (Å²) in [7, 11) is 0. The summed E-state index contributed by atoms with van der Waals surface area (Å²) < 4.78 is 0. The van der Waals surface area contributed by atoms with Gasteiger partial charge in [-0.3, -0.25) is 19.8 Å². The lowest BCUT2D eigenvalue weighted by Gasteiger charge is -2.44. The van der Waals surface area contributed by atoms with Crippen LogP contribution in [-0.4, -0.2) is 53.9 Å². The van der Waals surface area contributed by atoms with Gasteiger partial charge in [0.1, 0.15) is 5.69 Å². The van der Waals surface area contributed by atoms with Crippen molar-refractivity contribution in [3.8, 4) is 0 Å². The quantitative estimate of drug-likeness (QED) is 0.431. The minimum Gasteiger partial charge on any atom is -0.380 e. The molecule has 8 heteroatoms. The second-order valence-corrected chi connectivity index (χ2v) is 10.5. The molecule has 0 bridgehead atoms. The number of nitrogens with one attached hydrogen (secondary N) is 1. The minimum absolute atomic E-state index is 0.0336. The van der Waals surface area contributed by atoms with Crippen molar-refractivity contribution in [1.29, 1.82) is 0 Å². The minimum atomic E-state index is -0.369. The molecule has 0 amide bonds. The number of hydrogen-bond acceptors (Lipinski definition) is 6. The van der Waals surface area contributed by atoms with Crippen molar-refractivity contribution in [2.75, 3.05) is 36.4 Å². The average molecular weight is 497 g/mol. The van der Waals surface area contributed by atoms with Crippen LogP contribution in [0.15, 0.2) is 42.5 Å². The molecule has 0 aromatic heterocycles. The molecule has 5 rings (SSSR count). The van der Waals surface area contributed by atoms with Crippen molar-refractivity contribution in [1.82, 2.24) is 4.90 Å². The van der Waals surface area contributed by atoms with E-state index in [9.17, 15) is 14.9 Å². The summed E-state index contributed by atoms with van der Waals surface area (Å²) in [5, 5.41) is 15.7. The number of rotatable bonds is 6. The number of para-hydroxylation sites is 1. The number of halogens is 1. The molecular formula is C27H33ClN4O3. The third-order valence-electron chi connectivity index (χ3n) is 7.95. The average Bonchev–Trinajstić information content (AvgIpc) is 2.89. The van der Waals surface area contributed by atoms with E-state index in [-0.39, 0.29) is 28.6 Å². The van der Waals surface area contributed by atoms with E-state index in [1.54, 1.807) is 12.1 Å². The Morgan fingerprint density at radius 3 is 2.51 bits per heavy atom. The molecule has 1 saturated carbocycles. The number of benzene rings is 2. The fourth-order valence-corrected chi connectivity index (χ4v) is 6.28. The van der Waals surface area contributed by atoms with E-state index in [0.29, 0.717) is 42.7 Å². The summed E-state index contributed by atoms with van der Waals surface area (Å²) in [5.74, 6) is 0.524. The van der Waals surface area contributed by atoms with Crippen molar-refractivity contribution in [2.45, 2.75) is 57.0 Å². The predicted octanol–water partition coefficient (Wildman–Crippen LogP) is 5.32. The van der Waals surface area contributed by atoms with E-state index in [2.05, 4.69) is 33.3 Å². The standard InChI is InChI=1S/C27H33ClN4O3/c28-21-11-13-24(25(18-21)32(34)35)30-14-16-31(17-15-30)26(27(33)20-7-2-1-3-8-20)23-12-10-19-6-4-5-9-22(19)29-23/h4-6,9,11,13,18,20,23,26,29H,1-3,7-8,10,12,14-17H2. The maximum atomic E-state index is 13.9. The van der Waals surface area contributed by atoms with Crippen LogP contribution in [0.2, 0.25) is 5.02 Å². The van der Waals surface area contributed by atoms with Crippen molar-refractivity contribution in [3.05, 3.63) is 63.2 Å². The first kappa shape index (κ1) is 24.1. The molecule has 2 aliphatic heterocycles. The Morgan fingerprint density at radius 1 is 1.03 bits per heavy atom. The molecule has 35 heavy (non-hydrogen) atoms. The molecule has 2 fully saturated rings. The molecule has 2 atom stereocenters. The first-order chi connectivity index (χ1) is 17.0.